The third kappa shape index (κ3) is 5.25. The Bertz CT molecular complexity index is 779. The number of ether oxygens (including phenoxy) is 2. The van der Waals surface area contributed by atoms with Crippen LogP contribution in [0.25, 0.3) is 0 Å². The second-order valence-electron chi connectivity index (χ2n) is 5.88. The van der Waals surface area contributed by atoms with Crippen molar-refractivity contribution in [1.29, 1.82) is 5.26 Å². The van der Waals surface area contributed by atoms with E-state index >= 15 is 0 Å². The van der Waals surface area contributed by atoms with Crippen LogP contribution >= 0.6 is 0 Å². The van der Waals surface area contributed by atoms with Crippen molar-refractivity contribution in [3.63, 3.8) is 0 Å². The van der Waals surface area contributed by atoms with E-state index in [1.807, 2.05) is 26.0 Å². The van der Waals surface area contributed by atoms with Crippen LogP contribution in [0.5, 0.6) is 11.5 Å². The van der Waals surface area contributed by atoms with E-state index in [0.717, 1.165) is 12.0 Å². The highest BCUT2D eigenvalue weighted by Gasteiger charge is 2.12. The summed E-state index contributed by atoms with van der Waals surface area (Å²) in [5.74, 6) is 0.687. The summed E-state index contributed by atoms with van der Waals surface area (Å²) in [4.78, 5) is 12.2. The van der Waals surface area contributed by atoms with E-state index in [-0.39, 0.29) is 18.6 Å². The molecular weight excluding hydrogens is 328 g/mol. The highest BCUT2D eigenvalue weighted by molar-refractivity contribution is 5.78. The second kappa shape index (κ2) is 9.47. The van der Waals surface area contributed by atoms with Crippen molar-refractivity contribution in [2.75, 3.05) is 13.2 Å². The summed E-state index contributed by atoms with van der Waals surface area (Å²) >= 11 is 0. The summed E-state index contributed by atoms with van der Waals surface area (Å²) in [6, 6.07) is 15.0. The Morgan fingerprint density at radius 2 is 1.85 bits per heavy atom. The third-order valence-corrected chi connectivity index (χ3v) is 4.00. The molecule has 26 heavy (non-hydrogen) atoms. The first-order valence-corrected chi connectivity index (χ1v) is 8.75. The molecular formula is C21H24N2O3. The molecule has 0 saturated heterocycles. The number of nitrogens with one attached hydrogen (secondary N) is 1. The summed E-state index contributed by atoms with van der Waals surface area (Å²) in [5, 5.41) is 11.9. The van der Waals surface area contributed by atoms with Gasteiger partial charge in [-0.1, -0.05) is 31.2 Å². The van der Waals surface area contributed by atoms with Crippen LogP contribution in [0, 0.1) is 11.3 Å². The average molecular weight is 352 g/mol. The molecule has 2 aromatic carbocycles. The van der Waals surface area contributed by atoms with E-state index in [1.165, 1.54) is 5.56 Å². The van der Waals surface area contributed by atoms with Crippen LogP contribution in [0.1, 0.15) is 43.5 Å². The smallest absolute Gasteiger partial charge is 0.258 e. The Kier molecular flexibility index (Phi) is 7.04. The maximum absolute atomic E-state index is 12.2. The average Bonchev–Trinajstić information content (AvgIpc) is 2.67. The molecule has 0 aliphatic heterocycles. The summed E-state index contributed by atoms with van der Waals surface area (Å²) in [5.41, 5.74) is 2.79. The fourth-order valence-corrected chi connectivity index (χ4v) is 2.52. The minimum Gasteiger partial charge on any atom is -0.490 e. The van der Waals surface area contributed by atoms with Crippen molar-refractivity contribution in [3.8, 4) is 17.6 Å². The zero-order valence-corrected chi connectivity index (χ0v) is 15.4. The van der Waals surface area contributed by atoms with E-state index in [0.29, 0.717) is 23.7 Å². The van der Waals surface area contributed by atoms with Gasteiger partial charge in [0, 0.05) is 6.07 Å². The fourth-order valence-electron chi connectivity index (χ4n) is 2.52. The van der Waals surface area contributed by atoms with Gasteiger partial charge in [-0.15, -0.1) is 0 Å². The summed E-state index contributed by atoms with van der Waals surface area (Å²) in [7, 11) is 0. The molecule has 0 heterocycles. The molecule has 0 aliphatic rings. The lowest BCUT2D eigenvalue weighted by Gasteiger charge is -2.16. The first-order chi connectivity index (χ1) is 12.6. The molecule has 0 unspecified atom stereocenters. The Labute approximate surface area is 154 Å². The second-order valence-corrected chi connectivity index (χ2v) is 5.88. The number of aryl methyl sites for hydroxylation is 1. The van der Waals surface area contributed by atoms with Crippen molar-refractivity contribution < 1.29 is 14.3 Å². The Morgan fingerprint density at radius 3 is 2.46 bits per heavy atom. The van der Waals surface area contributed by atoms with E-state index in [2.05, 4.69) is 30.4 Å². The maximum atomic E-state index is 12.2. The van der Waals surface area contributed by atoms with Gasteiger partial charge in [-0.2, -0.15) is 5.26 Å². The summed E-state index contributed by atoms with van der Waals surface area (Å²) < 4.78 is 11.1. The number of nitriles is 1. The third-order valence-electron chi connectivity index (χ3n) is 4.00. The minimum atomic E-state index is -0.219. The predicted octanol–water partition coefficient (Wildman–Crippen LogP) is 3.78. The van der Waals surface area contributed by atoms with Crippen LogP contribution < -0.4 is 14.8 Å². The maximum Gasteiger partial charge on any atom is 0.258 e. The van der Waals surface area contributed by atoms with Gasteiger partial charge in [0.05, 0.1) is 24.3 Å². The molecule has 0 saturated carbocycles. The van der Waals surface area contributed by atoms with Crippen molar-refractivity contribution in [3.05, 3.63) is 59.2 Å². The van der Waals surface area contributed by atoms with Gasteiger partial charge in [0.1, 0.15) is 0 Å². The van der Waals surface area contributed by atoms with Gasteiger partial charge in [0.25, 0.3) is 5.91 Å². The predicted molar refractivity (Wildman–Crippen MR) is 100 cm³/mol. The Morgan fingerprint density at radius 1 is 1.12 bits per heavy atom. The van der Waals surface area contributed by atoms with Crippen LogP contribution in [-0.4, -0.2) is 19.1 Å². The molecule has 1 N–H and O–H groups in total. The number of rotatable bonds is 8. The lowest BCUT2D eigenvalue weighted by Crippen LogP contribution is -2.31. The number of hydrogen-bond acceptors (Lipinski definition) is 4. The lowest BCUT2D eigenvalue weighted by molar-refractivity contribution is -0.123. The van der Waals surface area contributed by atoms with Crippen molar-refractivity contribution in [2.24, 2.45) is 0 Å². The molecule has 0 fully saturated rings. The van der Waals surface area contributed by atoms with Crippen LogP contribution in [0.4, 0.5) is 0 Å². The number of hydrogen-bond donors (Lipinski definition) is 1. The van der Waals surface area contributed by atoms with Gasteiger partial charge >= 0.3 is 0 Å². The molecule has 1 amide bonds. The number of carbonyl (C=O) groups excluding carboxylic acids is 1. The molecule has 0 radical (unpaired) electrons. The molecule has 0 aliphatic carbocycles. The van der Waals surface area contributed by atoms with E-state index in [9.17, 15) is 4.79 Å². The summed E-state index contributed by atoms with van der Waals surface area (Å²) in [6.45, 7) is 6.22. The number of nitrogens with zero attached hydrogens (tertiary/aromatic N) is 1. The highest BCUT2D eigenvalue weighted by Crippen LogP contribution is 2.28. The highest BCUT2D eigenvalue weighted by atomic mass is 16.5. The van der Waals surface area contributed by atoms with Gasteiger partial charge in [-0.3, -0.25) is 4.79 Å². The van der Waals surface area contributed by atoms with Crippen molar-refractivity contribution >= 4 is 5.91 Å². The Hall–Kier alpha value is -3.00. The van der Waals surface area contributed by atoms with Gasteiger partial charge in [-0.25, -0.2) is 0 Å². The lowest BCUT2D eigenvalue weighted by atomic mass is 10.1. The van der Waals surface area contributed by atoms with Crippen LogP contribution in [0.2, 0.25) is 0 Å². The largest absolute Gasteiger partial charge is 0.490 e. The van der Waals surface area contributed by atoms with E-state index < -0.39 is 0 Å². The van der Waals surface area contributed by atoms with Crippen LogP contribution in [0.3, 0.4) is 0 Å². The van der Waals surface area contributed by atoms with E-state index in [1.54, 1.807) is 18.2 Å². The summed E-state index contributed by atoms with van der Waals surface area (Å²) in [6.07, 6.45) is 0.988. The first kappa shape index (κ1) is 19.3. The number of benzene rings is 2. The molecule has 0 spiro atoms. The standard InChI is InChI=1S/C21H24N2O3/c1-4-16-6-9-18(10-7-16)15(3)23-21(24)14-26-19-11-8-17(13-22)12-20(19)25-5-2/h6-12,15H,4-5,14H2,1-3H3,(H,23,24)/t15-/m1/s1. The molecule has 5 nitrogen and oxygen atoms in total. The monoisotopic (exact) mass is 352 g/mol. The van der Waals surface area contributed by atoms with Gasteiger partial charge < -0.3 is 14.8 Å². The normalized spacial score (nSPS) is 11.3. The molecule has 1 atom stereocenters. The first-order valence-electron chi connectivity index (χ1n) is 8.75. The van der Waals surface area contributed by atoms with Gasteiger partial charge in [-0.05, 0) is 43.5 Å². The fraction of sp³-hybridized carbons (Fsp3) is 0.333. The topological polar surface area (TPSA) is 71.3 Å². The van der Waals surface area contributed by atoms with Crippen molar-refractivity contribution in [1.82, 2.24) is 5.32 Å². The van der Waals surface area contributed by atoms with E-state index in [4.69, 9.17) is 14.7 Å². The SMILES string of the molecule is CCOc1cc(C#N)ccc1OCC(=O)N[C@H](C)c1ccc(CC)cc1. The van der Waals surface area contributed by atoms with Gasteiger partial charge in [0.2, 0.25) is 0 Å². The quantitative estimate of drug-likeness (QED) is 0.785. The Balaban J connectivity index is 1.94. The molecule has 0 bridgehead atoms. The number of amides is 1. The van der Waals surface area contributed by atoms with Gasteiger partial charge in [0.15, 0.2) is 18.1 Å². The van der Waals surface area contributed by atoms with Crippen molar-refractivity contribution in [2.45, 2.75) is 33.2 Å². The number of carbonyl (C=O) groups is 1. The minimum absolute atomic E-state index is 0.107. The zero-order valence-electron chi connectivity index (χ0n) is 15.4. The molecule has 5 heteroatoms. The molecule has 136 valence electrons. The molecule has 2 rings (SSSR count). The van der Waals surface area contributed by atoms with Crippen LogP contribution in [0.15, 0.2) is 42.5 Å². The molecule has 2 aromatic rings. The van der Waals surface area contributed by atoms with Crippen LogP contribution in [-0.2, 0) is 11.2 Å². The molecule has 0 aromatic heterocycles. The zero-order chi connectivity index (χ0) is 18.9.